The number of fused-ring (bicyclic) bond motifs is 1. The molecule has 1 aliphatic heterocycles. The maximum absolute atomic E-state index is 12.3. The maximum atomic E-state index is 12.3. The molecular weight excluding hydrogens is 392 g/mol. The van der Waals surface area contributed by atoms with Crippen LogP contribution in [0.4, 0.5) is 0 Å². The monoisotopic (exact) mass is 408 g/mol. The second kappa shape index (κ2) is 7.32. The summed E-state index contributed by atoms with van der Waals surface area (Å²) >= 11 is 3.32. The molecule has 0 aliphatic carbocycles. The van der Waals surface area contributed by atoms with E-state index in [-0.39, 0.29) is 17.9 Å². The average molecular weight is 409 g/mol. The van der Waals surface area contributed by atoms with E-state index >= 15 is 0 Å². The van der Waals surface area contributed by atoms with Gasteiger partial charge in [-0.1, -0.05) is 0 Å². The lowest BCUT2D eigenvalue weighted by molar-refractivity contribution is -0.146. The Morgan fingerprint density at radius 1 is 1.44 bits per heavy atom. The van der Waals surface area contributed by atoms with Crippen molar-refractivity contribution < 1.29 is 14.3 Å². The first-order valence-corrected chi connectivity index (χ1v) is 8.53. The molecule has 0 bridgehead atoms. The predicted molar refractivity (Wildman–Crippen MR) is 93.0 cm³/mol. The van der Waals surface area contributed by atoms with E-state index in [1.54, 1.807) is 18.3 Å². The molecule has 25 heavy (non-hydrogen) atoms. The number of pyridine rings is 1. The van der Waals surface area contributed by atoms with Crippen LogP contribution in [0.1, 0.15) is 12.1 Å². The molecule has 1 amide bonds. The van der Waals surface area contributed by atoms with Gasteiger partial charge in [0.25, 0.3) is 5.56 Å². The number of methoxy groups -OCH3 is 1. The van der Waals surface area contributed by atoms with Crippen molar-refractivity contribution in [3.63, 3.8) is 0 Å². The molecule has 0 aromatic carbocycles. The Morgan fingerprint density at radius 3 is 3.00 bits per heavy atom. The summed E-state index contributed by atoms with van der Waals surface area (Å²) in [5.41, 5.74) is 0.876. The van der Waals surface area contributed by atoms with E-state index in [1.165, 1.54) is 17.6 Å². The zero-order valence-electron chi connectivity index (χ0n) is 13.6. The number of piperazine rings is 1. The third-order valence-electron chi connectivity index (χ3n) is 4.07. The highest BCUT2D eigenvalue weighted by atomic mass is 79.9. The Labute approximate surface area is 151 Å². The zero-order valence-corrected chi connectivity index (χ0v) is 15.2. The molecular formula is C16H17BrN4O4. The SMILES string of the molecule is COC(=O)C[C@H]1C(=O)NCCN1Cc1cc(=O)n2cc(Br)ccc2n1. The molecule has 1 aliphatic rings. The van der Waals surface area contributed by atoms with Gasteiger partial charge in [-0.2, -0.15) is 0 Å². The lowest BCUT2D eigenvalue weighted by Crippen LogP contribution is -2.55. The van der Waals surface area contributed by atoms with Crippen molar-refractivity contribution in [2.75, 3.05) is 20.2 Å². The molecule has 1 fully saturated rings. The van der Waals surface area contributed by atoms with Gasteiger partial charge in [-0.05, 0) is 28.1 Å². The van der Waals surface area contributed by atoms with Crippen LogP contribution in [0.2, 0.25) is 0 Å². The van der Waals surface area contributed by atoms with Gasteiger partial charge < -0.3 is 10.1 Å². The Hall–Kier alpha value is -2.26. The molecule has 0 radical (unpaired) electrons. The standard InChI is InChI=1S/C16H17BrN4O4/c1-25-15(23)7-12-16(24)18-4-5-20(12)9-11-6-14(22)21-8-10(17)2-3-13(21)19-11/h2-3,6,8,12H,4-5,7,9H2,1H3,(H,18,24)/t12-/m0/s1. The second-order valence-electron chi connectivity index (χ2n) is 5.72. The molecule has 0 saturated carbocycles. The molecule has 132 valence electrons. The van der Waals surface area contributed by atoms with Crippen molar-refractivity contribution in [3.05, 3.63) is 44.9 Å². The molecule has 9 heteroatoms. The number of hydrogen-bond acceptors (Lipinski definition) is 6. The fraction of sp³-hybridized carbons (Fsp3) is 0.375. The summed E-state index contributed by atoms with van der Waals surface area (Å²) in [5.74, 6) is -0.679. The van der Waals surface area contributed by atoms with Gasteiger partial charge >= 0.3 is 5.97 Å². The minimum absolute atomic E-state index is 0.0398. The Morgan fingerprint density at radius 2 is 2.24 bits per heavy atom. The number of amides is 1. The number of aromatic nitrogens is 2. The number of nitrogens with zero attached hydrogens (tertiary/aromatic N) is 3. The third-order valence-corrected chi connectivity index (χ3v) is 4.54. The molecule has 2 aromatic heterocycles. The summed E-state index contributed by atoms with van der Waals surface area (Å²) in [6.07, 6.45) is 1.62. The minimum Gasteiger partial charge on any atom is -0.469 e. The van der Waals surface area contributed by atoms with Gasteiger partial charge in [0.2, 0.25) is 5.91 Å². The fourth-order valence-corrected chi connectivity index (χ4v) is 3.17. The summed E-state index contributed by atoms with van der Waals surface area (Å²) in [5, 5.41) is 2.74. The molecule has 1 atom stereocenters. The summed E-state index contributed by atoms with van der Waals surface area (Å²) in [7, 11) is 1.29. The quantitative estimate of drug-likeness (QED) is 0.732. The maximum Gasteiger partial charge on any atom is 0.307 e. The van der Waals surface area contributed by atoms with Gasteiger partial charge in [-0.3, -0.25) is 23.7 Å². The summed E-state index contributed by atoms with van der Waals surface area (Å²) in [4.78, 5) is 42.3. The van der Waals surface area contributed by atoms with Crippen molar-refractivity contribution in [2.24, 2.45) is 0 Å². The van der Waals surface area contributed by atoms with Gasteiger partial charge in [0.15, 0.2) is 0 Å². The number of esters is 1. The van der Waals surface area contributed by atoms with Crippen molar-refractivity contribution in [2.45, 2.75) is 19.0 Å². The van der Waals surface area contributed by atoms with Crippen molar-refractivity contribution in [1.29, 1.82) is 0 Å². The summed E-state index contributed by atoms with van der Waals surface area (Å²) in [6, 6.07) is 4.36. The molecule has 1 N–H and O–H groups in total. The lowest BCUT2D eigenvalue weighted by Gasteiger charge is -2.34. The molecule has 0 unspecified atom stereocenters. The van der Waals surface area contributed by atoms with E-state index in [0.29, 0.717) is 31.0 Å². The van der Waals surface area contributed by atoms with Crippen molar-refractivity contribution in [3.8, 4) is 0 Å². The predicted octanol–water partition coefficient (Wildman–Crippen LogP) is 0.321. The highest BCUT2D eigenvalue weighted by molar-refractivity contribution is 9.10. The Bertz CT molecular complexity index is 882. The number of carbonyl (C=O) groups is 2. The topological polar surface area (TPSA) is 93.0 Å². The molecule has 3 heterocycles. The normalized spacial score (nSPS) is 18.2. The van der Waals surface area contributed by atoms with E-state index in [2.05, 4.69) is 31.0 Å². The first kappa shape index (κ1) is 17.6. The van der Waals surface area contributed by atoms with E-state index in [4.69, 9.17) is 0 Å². The molecule has 1 saturated heterocycles. The number of rotatable bonds is 4. The van der Waals surface area contributed by atoms with Crippen LogP contribution in [0, 0.1) is 0 Å². The van der Waals surface area contributed by atoms with Crippen LogP contribution in [0.5, 0.6) is 0 Å². The minimum atomic E-state index is -0.633. The third kappa shape index (κ3) is 3.88. The van der Waals surface area contributed by atoms with E-state index in [9.17, 15) is 14.4 Å². The zero-order chi connectivity index (χ0) is 18.0. The van der Waals surface area contributed by atoms with Gasteiger partial charge in [0.1, 0.15) is 11.7 Å². The highest BCUT2D eigenvalue weighted by Crippen LogP contribution is 2.14. The first-order valence-electron chi connectivity index (χ1n) is 7.74. The van der Waals surface area contributed by atoms with Crippen LogP contribution in [0.15, 0.2) is 33.7 Å². The van der Waals surface area contributed by atoms with Crippen molar-refractivity contribution in [1.82, 2.24) is 19.6 Å². The van der Waals surface area contributed by atoms with E-state index < -0.39 is 12.0 Å². The summed E-state index contributed by atoms with van der Waals surface area (Å²) < 4.78 is 6.90. The molecule has 3 rings (SSSR count). The smallest absolute Gasteiger partial charge is 0.307 e. The molecule has 8 nitrogen and oxygen atoms in total. The van der Waals surface area contributed by atoms with Crippen molar-refractivity contribution >= 4 is 33.5 Å². The first-order chi connectivity index (χ1) is 12.0. The van der Waals surface area contributed by atoms with Gasteiger partial charge in [-0.25, -0.2) is 4.98 Å². The number of hydrogen-bond donors (Lipinski definition) is 1. The summed E-state index contributed by atoms with van der Waals surface area (Å²) in [6.45, 7) is 1.35. The second-order valence-corrected chi connectivity index (χ2v) is 6.63. The fourth-order valence-electron chi connectivity index (χ4n) is 2.83. The average Bonchev–Trinajstić information content (AvgIpc) is 2.58. The number of ether oxygens (including phenoxy) is 1. The largest absolute Gasteiger partial charge is 0.469 e. The van der Waals surface area contributed by atoms with Crippen LogP contribution in [-0.2, 0) is 20.9 Å². The number of nitrogens with one attached hydrogen (secondary N) is 1. The van der Waals surface area contributed by atoms with Crippen LogP contribution >= 0.6 is 15.9 Å². The highest BCUT2D eigenvalue weighted by Gasteiger charge is 2.32. The Kier molecular flexibility index (Phi) is 5.14. The number of halogens is 1. The Balaban J connectivity index is 1.87. The van der Waals surface area contributed by atoms with Gasteiger partial charge in [0.05, 0.1) is 19.2 Å². The van der Waals surface area contributed by atoms with Crippen LogP contribution in [0.3, 0.4) is 0 Å². The van der Waals surface area contributed by atoms with E-state index in [0.717, 1.165) is 4.47 Å². The molecule has 0 spiro atoms. The molecule has 2 aromatic rings. The van der Waals surface area contributed by atoms with Crippen LogP contribution in [-0.4, -0.2) is 52.4 Å². The van der Waals surface area contributed by atoms with Crippen LogP contribution < -0.4 is 10.9 Å². The van der Waals surface area contributed by atoms with E-state index in [1.807, 2.05) is 4.90 Å². The van der Waals surface area contributed by atoms with Crippen LogP contribution in [0.25, 0.3) is 5.65 Å². The number of carbonyl (C=O) groups excluding carboxylic acids is 2. The van der Waals surface area contributed by atoms with Gasteiger partial charge in [-0.15, -0.1) is 0 Å². The van der Waals surface area contributed by atoms with Gasteiger partial charge in [0, 0.05) is 36.4 Å². The lowest BCUT2D eigenvalue weighted by atomic mass is 10.1.